The maximum absolute atomic E-state index is 11.8. The van der Waals surface area contributed by atoms with Crippen LogP contribution in [0.1, 0.15) is 30.4 Å². The summed E-state index contributed by atoms with van der Waals surface area (Å²) in [6.07, 6.45) is 6.64. The van der Waals surface area contributed by atoms with E-state index in [4.69, 9.17) is 0 Å². The van der Waals surface area contributed by atoms with Crippen LogP contribution in [0.25, 0.3) is 0 Å². The van der Waals surface area contributed by atoms with E-state index in [1.807, 2.05) is 13.1 Å². The van der Waals surface area contributed by atoms with Crippen molar-refractivity contribution in [2.24, 2.45) is 0 Å². The molecule has 2 fully saturated rings. The molecule has 25 heavy (non-hydrogen) atoms. The van der Waals surface area contributed by atoms with E-state index in [2.05, 4.69) is 30.6 Å². The number of hydrogen-bond donors (Lipinski definition) is 0. The van der Waals surface area contributed by atoms with Gasteiger partial charge in [-0.15, -0.1) is 0 Å². The number of nitrogens with zero attached hydrogens (tertiary/aromatic N) is 6. The third-order valence-electron chi connectivity index (χ3n) is 5.15. The molecule has 0 atom stereocenters. The highest BCUT2D eigenvalue weighted by molar-refractivity contribution is 5.00. The molecular weight excluding hydrogens is 316 g/mol. The summed E-state index contributed by atoms with van der Waals surface area (Å²) in [5, 5.41) is 4.31. The molecule has 7 nitrogen and oxygen atoms in total. The van der Waals surface area contributed by atoms with Crippen molar-refractivity contribution < 1.29 is 0 Å². The molecule has 134 valence electrons. The molecule has 0 bridgehead atoms. The Morgan fingerprint density at radius 1 is 1.08 bits per heavy atom. The molecule has 4 rings (SSSR count). The number of hydrogen-bond acceptors (Lipinski definition) is 5. The van der Waals surface area contributed by atoms with E-state index >= 15 is 0 Å². The molecule has 1 saturated carbocycles. The first-order chi connectivity index (χ1) is 12.2. The summed E-state index contributed by atoms with van der Waals surface area (Å²) in [5.74, 6) is 1.20. The van der Waals surface area contributed by atoms with E-state index < -0.39 is 0 Å². The molecule has 1 aliphatic carbocycles. The molecular formula is C18H26N6O. The Hall–Kier alpha value is -1.99. The highest BCUT2D eigenvalue weighted by Gasteiger charge is 2.26. The van der Waals surface area contributed by atoms with E-state index in [0.29, 0.717) is 12.6 Å². The predicted molar refractivity (Wildman–Crippen MR) is 95.4 cm³/mol. The van der Waals surface area contributed by atoms with Crippen LogP contribution >= 0.6 is 0 Å². The highest BCUT2D eigenvalue weighted by atomic mass is 16.1. The summed E-state index contributed by atoms with van der Waals surface area (Å²) in [6.45, 7) is 8.56. The second-order valence-corrected chi connectivity index (χ2v) is 7.14. The van der Waals surface area contributed by atoms with E-state index in [9.17, 15) is 4.79 Å². The summed E-state index contributed by atoms with van der Waals surface area (Å²) < 4.78 is 3.93. The summed E-state index contributed by atoms with van der Waals surface area (Å²) in [7, 11) is 0. The molecule has 7 heteroatoms. The first-order valence-electron chi connectivity index (χ1n) is 9.20. The van der Waals surface area contributed by atoms with Crippen LogP contribution in [0.3, 0.4) is 0 Å². The third kappa shape index (κ3) is 3.99. The fourth-order valence-electron chi connectivity index (χ4n) is 3.47. The third-order valence-corrected chi connectivity index (χ3v) is 5.15. The normalized spacial score (nSPS) is 19.4. The topological polar surface area (TPSA) is 59.2 Å². The Morgan fingerprint density at radius 2 is 1.84 bits per heavy atom. The zero-order chi connectivity index (χ0) is 17.2. The maximum Gasteiger partial charge on any atom is 0.266 e. The molecule has 0 aromatic carbocycles. The molecule has 1 saturated heterocycles. The minimum Gasteiger partial charge on any atom is -0.331 e. The smallest absolute Gasteiger partial charge is 0.266 e. The van der Waals surface area contributed by atoms with Crippen LogP contribution in [0.2, 0.25) is 0 Å². The van der Waals surface area contributed by atoms with Crippen LogP contribution in [0.5, 0.6) is 0 Å². The molecule has 0 unspecified atom stereocenters. The molecule has 3 heterocycles. The van der Waals surface area contributed by atoms with Gasteiger partial charge in [0.1, 0.15) is 5.82 Å². The SMILES string of the molecule is Cc1ccc(=O)n(CCN2CCN(Cc3nccn3C3CC3)CC2)n1. The Balaban J connectivity index is 1.26. The van der Waals surface area contributed by atoms with Gasteiger partial charge in [-0.25, -0.2) is 9.67 Å². The Morgan fingerprint density at radius 3 is 2.60 bits per heavy atom. The van der Waals surface area contributed by atoms with Crippen molar-refractivity contribution >= 4 is 0 Å². The van der Waals surface area contributed by atoms with Gasteiger partial charge in [-0.3, -0.25) is 14.6 Å². The van der Waals surface area contributed by atoms with E-state index in [1.54, 1.807) is 16.8 Å². The van der Waals surface area contributed by atoms with Crippen LogP contribution in [-0.2, 0) is 13.1 Å². The first-order valence-corrected chi connectivity index (χ1v) is 9.20. The van der Waals surface area contributed by atoms with Gasteiger partial charge in [0.25, 0.3) is 5.56 Å². The van der Waals surface area contributed by atoms with Crippen LogP contribution in [0.4, 0.5) is 0 Å². The number of aryl methyl sites for hydroxylation is 1. The van der Waals surface area contributed by atoms with Crippen LogP contribution in [0.15, 0.2) is 29.3 Å². The lowest BCUT2D eigenvalue weighted by atomic mass is 10.3. The Bertz CT molecular complexity index is 770. The van der Waals surface area contributed by atoms with Crippen molar-refractivity contribution in [3.05, 3.63) is 46.4 Å². The average Bonchev–Trinajstić information content (AvgIpc) is 3.36. The Kier molecular flexibility index (Phi) is 4.67. The largest absolute Gasteiger partial charge is 0.331 e. The summed E-state index contributed by atoms with van der Waals surface area (Å²) >= 11 is 0. The van der Waals surface area contributed by atoms with E-state index in [1.165, 1.54) is 18.7 Å². The minimum absolute atomic E-state index is 0.0175. The second kappa shape index (κ2) is 7.09. The van der Waals surface area contributed by atoms with Gasteiger partial charge in [-0.1, -0.05) is 0 Å². The lowest BCUT2D eigenvalue weighted by Crippen LogP contribution is -2.47. The van der Waals surface area contributed by atoms with Gasteiger partial charge in [0.2, 0.25) is 0 Å². The van der Waals surface area contributed by atoms with Gasteiger partial charge in [0.05, 0.1) is 18.8 Å². The van der Waals surface area contributed by atoms with Crippen LogP contribution in [0, 0.1) is 6.92 Å². The lowest BCUT2D eigenvalue weighted by Gasteiger charge is -2.34. The fraction of sp³-hybridized carbons (Fsp3) is 0.611. The molecule has 2 aliphatic rings. The second-order valence-electron chi connectivity index (χ2n) is 7.14. The minimum atomic E-state index is -0.0175. The molecule has 0 amide bonds. The fourth-order valence-corrected chi connectivity index (χ4v) is 3.47. The van der Waals surface area contributed by atoms with Crippen LogP contribution < -0.4 is 5.56 Å². The van der Waals surface area contributed by atoms with Crippen molar-refractivity contribution in [2.45, 2.75) is 38.9 Å². The molecule has 0 N–H and O–H groups in total. The zero-order valence-electron chi connectivity index (χ0n) is 14.8. The van der Waals surface area contributed by atoms with Gasteiger partial charge in [-0.2, -0.15) is 5.10 Å². The molecule has 0 radical (unpaired) electrons. The van der Waals surface area contributed by atoms with Gasteiger partial charge >= 0.3 is 0 Å². The Labute approximate surface area is 147 Å². The molecule has 0 spiro atoms. The van der Waals surface area contributed by atoms with Gasteiger partial charge in [0, 0.05) is 57.2 Å². The van der Waals surface area contributed by atoms with E-state index in [-0.39, 0.29) is 5.56 Å². The zero-order valence-corrected chi connectivity index (χ0v) is 14.8. The number of rotatable bonds is 6. The quantitative estimate of drug-likeness (QED) is 0.781. The van der Waals surface area contributed by atoms with Gasteiger partial charge in [0.15, 0.2) is 0 Å². The highest BCUT2D eigenvalue weighted by Crippen LogP contribution is 2.35. The van der Waals surface area contributed by atoms with Gasteiger partial charge < -0.3 is 4.57 Å². The average molecular weight is 342 g/mol. The first kappa shape index (κ1) is 16.5. The van der Waals surface area contributed by atoms with Gasteiger partial charge in [-0.05, 0) is 25.8 Å². The van der Waals surface area contributed by atoms with E-state index in [0.717, 1.165) is 45.0 Å². The van der Waals surface area contributed by atoms with Crippen molar-refractivity contribution in [3.8, 4) is 0 Å². The van der Waals surface area contributed by atoms with Crippen molar-refractivity contribution in [2.75, 3.05) is 32.7 Å². The maximum atomic E-state index is 11.8. The molecule has 2 aromatic rings. The number of piperazine rings is 1. The number of aromatic nitrogens is 4. The summed E-state index contributed by atoms with van der Waals surface area (Å²) in [4.78, 5) is 21.3. The standard InChI is InChI=1S/C18H26N6O/c1-15-2-5-18(25)24(20-15)13-12-21-8-10-22(11-9-21)14-17-19-6-7-23(17)16-3-4-16/h2,5-7,16H,3-4,8-14H2,1H3. The lowest BCUT2D eigenvalue weighted by molar-refractivity contribution is 0.119. The molecule has 2 aromatic heterocycles. The summed E-state index contributed by atoms with van der Waals surface area (Å²) in [6, 6.07) is 4.06. The van der Waals surface area contributed by atoms with Crippen LogP contribution in [-0.4, -0.2) is 61.9 Å². The van der Waals surface area contributed by atoms with Crippen molar-refractivity contribution in [3.63, 3.8) is 0 Å². The van der Waals surface area contributed by atoms with Crippen molar-refractivity contribution in [1.82, 2.24) is 29.1 Å². The number of imidazole rings is 1. The predicted octanol–water partition coefficient (Wildman–Crippen LogP) is 0.901. The summed E-state index contributed by atoms with van der Waals surface area (Å²) in [5.41, 5.74) is 0.867. The van der Waals surface area contributed by atoms with Crippen molar-refractivity contribution in [1.29, 1.82) is 0 Å². The monoisotopic (exact) mass is 342 g/mol. The molecule has 1 aliphatic heterocycles.